The normalized spacial score (nSPS) is 26.9. The third-order valence-corrected chi connectivity index (χ3v) is 6.18. The summed E-state index contributed by atoms with van der Waals surface area (Å²) in [5.41, 5.74) is 6.96. The van der Waals surface area contributed by atoms with Crippen molar-refractivity contribution in [2.24, 2.45) is 18.9 Å². The van der Waals surface area contributed by atoms with Gasteiger partial charge in [-0.2, -0.15) is 0 Å². The zero-order valence-electron chi connectivity index (χ0n) is 15.7. The predicted octanol–water partition coefficient (Wildman–Crippen LogP) is -0.0268. The lowest BCUT2D eigenvalue weighted by molar-refractivity contribution is -0.483. The maximum atomic E-state index is 12.8. The van der Waals surface area contributed by atoms with E-state index < -0.39 is 11.9 Å². The molecular formula is C20H22N3O5+. The van der Waals surface area contributed by atoms with Crippen molar-refractivity contribution in [2.75, 3.05) is 6.54 Å². The molecular weight excluding hydrogens is 362 g/mol. The number of carbonyl (C=O) groups excluding carboxylic acids is 1. The quantitative estimate of drug-likeness (QED) is 0.583. The van der Waals surface area contributed by atoms with Crippen LogP contribution in [0.4, 0.5) is 0 Å². The number of fused-ring (bicyclic) bond motifs is 1. The molecule has 1 unspecified atom stereocenters. The molecule has 1 amide bonds. The van der Waals surface area contributed by atoms with E-state index in [9.17, 15) is 19.3 Å². The van der Waals surface area contributed by atoms with E-state index in [2.05, 4.69) is 11.5 Å². The highest BCUT2D eigenvalue weighted by molar-refractivity contribution is 5.70. The lowest BCUT2D eigenvalue weighted by Crippen LogP contribution is -2.42. The summed E-state index contributed by atoms with van der Waals surface area (Å²) in [6.07, 6.45) is 5.34. The molecule has 1 aromatic rings. The van der Waals surface area contributed by atoms with Crippen molar-refractivity contribution < 1.29 is 19.5 Å². The fourth-order valence-corrected chi connectivity index (χ4v) is 4.47. The molecule has 146 valence electrons. The van der Waals surface area contributed by atoms with E-state index in [1.54, 1.807) is 11.6 Å². The number of rotatable bonds is 3. The van der Waals surface area contributed by atoms with E-state index in [1.165, 1.54) is 4.57 Å². The maximum absolute atomic E-state index is 12.8. The number of hydrogen-bond acceptors (Lipinski definition) is 4. The van der Waals surface area contributed by atoms with E-state index in [-0.39, 0.29) is 36.5 Å². The Morgan fingerprint density at radius 2 is 1.89 bits per heavy atom. The molecule has 2 aliphatic carbocycles. The van der Waals surface area contributed by atoms with Gasteiger partial charge in [-0.25, -0.2) is 9.59 Å². The molecule has 4 rings (SSSR count). The standard InChI is InChI=1S/C20H21N3O5/c1-21-17-10-14(12-2-4-13(5-3-12)19(25)26)6-8-16(17)23(20(21)27)15-7-9-18(24)22(28)11-15/h10,12-13,15H,2-5,7,9,11H2,1H3/p+1. The van der Waals surface area contributed by atoms with E-state index in [1.807, 2.05) is 6.08 Å². The minimum atomic E-state index is -0.734. The summed E-state index contributed by atoms with van der Waals surface area (Å²) in [5.74, 6) is -1.25. The van der Waals surface area contributed by atoms with Gasteiger partial charge in [0.25, 0.3) is 0 Å². The van der Waals surface area contributed by atoms with Crippen LogP contribution >= 0.6 is 0 Å². The first kappa shape index (κ1) is 18.4. The third-order valence-electron chi connectivity index (χ3n) is 6.18. The van der Waals surface area contributed by atoms with E-state index in [0.29, 0.717) is 34.7 Å². The van der Waals surface area contributed by atoms with Crippen molar-refractivity contribution >= 4 is 23.7 Å². The third kappa shape index (κ3) is 3.01. The number of carboxylic acids is 1. The number of carboxylic acid groups (broad SMARTS) is 1. The summed E-state index contributed by atoms with van der Waals surface area (Å²) in [6.45, 7) is -0.0351. The minimum Gasteiger partial charge on any atom is -0.481 e. The van der Waals surface area contributed by atoms with Crippen LogP contribution in [0, 0.1) is 16.7 Å². The monoisotopic (exact) mass is 384 g/mol. The molecule has 0 bridgehead atoms. The smallest absolute Gasteiger partial charge is 0.433 e. The van der Waals surface area contributed by atoms with E-state index >= 15 is 0 Å². The first-order valence-electron chi connectivity index (χ1n) is 9.62. The van der Waals surface area contributed by atoms with Gasteiger partial charge in [0.15, 0.2) is 0 Å². The Balaban J connectivity index is 1.71. The summed E-state index contributed by atoms with van der Waals surface area (Å²) >= 11 is 0. The SMILES string of the molecule is Cn1c2c(n(C3CCC(=O)[N+](=O)C3)c1=O)=C=C=C(C1CCC(C(=O)O)CC1)C=2. The van der Waals surface area contributed by atoms with Gasteiger partial charge in [0.2, 0.25) is 6.54 Å². The average Bonchev–Trinajstić information content (AvgIpc) is 2.94. The van der Waals surface area contributed by atoms with Gasteiger partial charge < -0.3 is 5.11 Å². The Labute approximate surface area is 160 Å². The molecule has 2 fully saturated rings. The maximum Gasteiger partial charge on any atom is 0.433 e. The molecule has 3 aliphatic rings. The number of nitroso groups, excluding NO2 is 1. The average molecular weight is 384 g/mol. The molecule has 8 heteroatoms. The molecule has 1 saturated carbocycles. The highest BCUT2D eigenvalue weighted by atomic mass is 16.4. The van der Waals surface area contributed by atoms with Gasteiger partial charge in [0.1, 0.15) is 11.4 Å². The lowest BCUT2D eigenvalue weighted by atomic mass is 9.78. The number of hydrogen-bond donors (Lipinski definition) is 1. The molecule has 28 heavy (non-hydrogen) atoms. The van der Waals surface area contributed by atoms with Gasteiger partial charge in [0.05, 0.1) is 22.4 Å². The second-order valence-corrected chi connectivity index (χ2v) is 7.83. The van der Waals surface area contributed by atoms with Gasteiger partial charge in [0, 0.05) is 17.5 Å². The molecule has 1 N–H and O–H groups in total. The molecule has 1 saturated heterocycles. The van der Waals surface area contributed by atoms with Crippen LogP contribution in [0.25, 0.3) is 11.8 Å². The highest BCUT2D eigenvalue weighted by Gasteiger charge is 2.36. The van der Waals surface area contributed by atoms with Gasteiger partial charge in [-0.1, -0.05) is 5.73 Å². The predicted molar refractivity (Wildman–Crippen MR) is 98.7 cm³/mol. The Morgan fingerprint density at radius 1 is 1.18 bits per heavy atom. The van der Waals surface area contributed by atoms with Gasteiger partial charge in [-0.3, -0.25) is 13.9 Å². The molecule has 1 atom stereocenters. The fraction of sp³-hybridized carbons (Fsp3) is 0.550. The van der Waals surface area contributed by atoms with E-state index in [4.69, 9.17) is 5.11 Å². The zero-order chi connectivity index (χ0) is 20.0. The van der Waals surface area contributed by atoms with Crippen LogP contribution in [-0.2, 0) is 16.6 Å². The Morgan fingerprint density at radius 3 is 2.54 bits per heavy atom. The van der Waals surface area contributed by atoms with Crippen LogP contribution in [0.1, 0.15) is 44.6 Å². The number of amides is 1. The number of carbonyl (C=O) groups is 2. The summed E-state index contributed by atoms with van der Waals surface area (Å²) in [6, 6.07) is -0.368. The topological polar surface area (TPSA) is 101 Å². The molecule has 2 heterocycles. The second kappa shape index (κ2) is 6.89. The molecule has 0 radical (unpaired) electrons. The van der Waals surface area contributed by atoms with Gasteiger partial charge >= 0.3 is 17.6 Å². The summed E-state index contributed by atoms with van der Waals surface area (Å²) in [4.78, 5) is 47.2. The Kier molecular flexibility index (Phi) is 4.53. The minimum absolute atomic E-state index is 0.0351. The molecule has 8 nitrogen and oxygen atoms in total. The van der Waals surface area contributed by atoms with Crippen LogP contribution < -0.4 is 16.4 Å². The summed E-state index contributed by atoms with van der Waals surface area (Å²) in [7, 11) is 1.68. The van der Waals surface area contributed by atoms with Crippen LogP contribution in [-0.4, -0.2) is 37.4 Å². The van der Waals surface area contributed by atoms with Crippen LogP contribution in [0.3, 0.4) is 0 Å². The van der Waals surface area contributed by atoms with Crippen LogP contribution in [0.5, 0.6) is 0 Å². The molecule has 1 aliphatic heterocycles. The first-order chi connectivity index (χ1) is 13.4. The number of imidazole rings is 1. The van der Waals surface area contributed by atoms with Crippen molar-refractivity contribution in [3.8, 4) is 0 Å². The highest BCUT2D eigenvalue weighted by Crippen LogP contribution is 2.33. The fourth-order valence-electron chi connectivity index (χ4n) is 4.47. The Bertz CT molecular complexity index is 1130. The van der Waals surface area contributed by atoms with Crippen molar-refractivity contribution in [3.05, 3.63) is 37.4 Å². The first-order valence-corrected chi connectivity index (χ1v) is 9.62. The molecule has 1 aromatic heterocycles. The van der Waals surface area contributed by atoms with Crippen molar-refractivity contribution in [3.63, 3.8) is 0 Å². The number of allylic oxidation sites excluding steroid dienone is 1. The van der Waals surface area contributed by atoms with Crippen molar-refractivity contribution in [1.82, 2.24) is 9.13 Å². The second-order valence-electron chi connectivity index (χ2n) is 7.83. The Hall–Kier alpha value is -2.95. The lowest BCUT2D eigenvalue weighted by Gasteiger charge is -2.26. The van der Waals surface area contributed by atoms with Gasteiger partial charge in [-0.15, -0.1) is 0 Å². The van der Waals surface area contributed by atoms with Gasteiger partial charge in [-0.05, 0) is 49.8 Å². The zero-order valence-corrected chi connectivity index (χ0v) is 15.7. The number of aromatic nitrogens is 2. The molecule has 0 spiro atoms. The number of aliphatic carboxylic acids is 1. The largest absolute Gasteiger partial charge is 0.481 e. The molecule has 0 aromatic carbocycles. The summed E-state index contributed by atoms with van der Waals surface area (Å²) in [5, 5.41) is 10.5. The number of piperidine rings is 1. The summed E-state index contributed by atoms with van der Waals surface area (Å²) < 4.78 is 3.52. The van der Waals surface area contributed by atoms with Crippen LogP contribution in [0.15, 0.2) is 16.1 Å². The number of nitrogens with zero attached hydrogens (tertiary/aromatic N) is 3. The van der Waals surface area contributed by atoms with Crippen LogP contribution in [0.2, 0.25) is 0 Å². The van der Waals surface area contributed by atoms with Crippen molar-refractivity contribution in [2.45, 2.75) is 44.6 Å². The van der Waals surface area contributed by atoms with E-state index in [0.717, 1.165) is 18.4 Å². The van der Waals surface area contributed by atoms with Crippen molar-refractivity contribution in [1.29, 1.82) is 0 Å².